The third-order valence-corrected chi connectivity index (χ3v) is 2.80. The first kappa shape index (κ1) is 12.4. The van der Waals surface area contributed by atoms with E-state index in [0.29, 0.717) is 5.95 Å². The highest BCUT2D eigenvalue weighted by Gasteiger charge is 2.00. The lowest BCUT2D eigenvalue weighted by Gasteiger charge is -2.08. The number of aromatic nitrogens is 2. The molecule has 2 rings (SSSR count). The Balaban J connectivity index is 1.79. The van der Waals surface area contributed by atoms with Gasteiger partial charge in [0.1, 0.15) is 0 Å². The molecule has 0 saturated heterocycles. The highest BCUT2D eigenvalue weighted by atomic mass is 15.0. The molecule has 0 aliphatic carbocycles. The molecule has 0 aliphatic heterocycles. The molecule has 1 heterocycles. The van der Waals surface area contributed by atoms with Gasteiger partial charge in [0.25, 0.3) is 0 Å². The summed E-state index contributed by atoms with van der Waals surface area (Å²) in [6.07, 6.45) is 3.89. The molecule has 0 bridgehead atoms. The monoisotopic (exact) mass is 242 g/mol. The summed E-state index contributed by atoms with van der Waals surface area (Å²) in [7, 11) is 0. The number of nitrogens with zero attached hydrogens (tertiary/aromatic N) is 2. The van der Waals surface area contributed by atoms with Crippen LogP contribution in [-0.2, 0) is 6.42 Å². The number of nitrogen functional groups attached to an aromatic ring is 1. The van der Waals surface area contributed by atoms with Gasteiger partial charge >= 0.3 is 0 Å². The van der Waals surface area contributed by atoms with Crippen LogP contribution in [0.25, 0.3) is 0 Å². The molecule has 0 radical (unpaired) electrons. The smallest absolute Gasteiger partial charge is 0.220 e. The standard InChI is InChI=1S/C14H18N4/c1-11-13(10-17-14(15)18-11)16-9-5-8-12-6-3-2-4-7-12/h2-4,6-7,10,16H,5,8-9H2,1H3,(H2,15,17,18). The van der Waals surface area contributed by atoms with Crippen molar-refractivity contribution in [3.05, 3.63) is 47.8 Å². The molecular weight excluding hydrogens is 224 g/mol. The average Bonchev–Trinajstić information content (AvgIpc) is 2.38. The van der Waals surface area contributed by atoms with Crippen LogP contribution in [0, 0.1) is 6.92 Å². The van der Waals surface area contributed by atoms with Crippen LogP contribution in [0.3, 0.4) is 0 Å². The van der Waals surface area contributed by atoms with E-state index in [4.69, 9.17) is 5.73 Å². The van der Waals surface area contributed by atoms with Crippen LogP contribution in [0.2, 0.25) is 0 Å². The fourth-order valence-electron chi connectivity index (χ4n) is 1.82. The van der Waals surface area contributed by atoms with Gasteiger partial charge in [-0.3, -0.25) is 0 Å². The first-order valence-corrected chi connectivity index (χ1v) is 6.12. The summed E-state index contributed by atoms with van der Waals surface area (Å²) in [5.41, 5.74) is 8.72. The van der Waals surface area contributed by atoms with Gasteiger partial charge in [-0.2, -0.15) is 0 Å². The first-order chi connectivity index (χ1) is 8.75. The second kappa shape index (κ2) is 6.00. The third-order valence-electron chi connectivity index (χ3n) is 2.80. The Bertz CT molecular complexity index is 496. The van der Waals surface area contributed by atoms with Gasteiger partial charge in [-0.15, -0.1) is 0 Å². The minimum absolute atomic E-state index is 0.322. The lowest BCUT2D eigenvalue weighted by molar-refractivity contribution is 0.859. The Kier molecular flexibility index (Phi) is 4.12. The normalized spacial score (nSPS) is 10.3. The molecule has 0 saturated carbocycles. The molecule has 0 spiro atoms. The van der Waals surface area contributed by atoms with Crippen LogP contribution < -0.4 is 11.1 Å². The number of rotatable bonds is 5. The molecule has 2 aromatic rings. The fourth-order valence-corrected chi connectivity index (χ4v) is 1.82. The van der Waals surface area contributed by atoms with E-state index in [-0.39, 0.29) is 0 Å². The zero-order chi connectivity index (χ0) is 12.8. The van der Waals surface area contributed by atoms with Crippen LogP contribution in [0.1, 0.15) is 17.7 Å². The third kappa shape index (κ3) is 3.45. The van der Waals surface area contributed by atoms with Crippen molar-refractivity contribution >= 4 is 11.6 Å². The van der Waals surface area contributed by atoms with Crippen LogP contribution in [0.15, 0.2) is 36.5 Å². The van der Waals surface area contributed by atoms with Gasteiger partial charge in [-0.25, -0.2) is 9.97 Å². The Hall–Kier alpha value is -2.10. The Morgan fingerprint density at radius 3 is 2.72 bits per heavy atom. The minimum Gasteiger partial charge on any atom is -0.382 e. The zero-order valence-corrected chi connectivity index (χ0v) is 10.6. The van der Waals surface area contributed by atoms with E-state index in [1.54, 1.807) is 6.20 Å². The highest BCUT2D eigenvalue weighted by Crippen LogP contribution is 2.11. The summed E-state index contributed by atoms with van der Waals surface area (Å²) < 4.78 is 0. The summed E-state index contributed by atoms with van der Waals surface area (Å²) in [6.45, 7) is 2.83. The van der Waals surface area contributed by atoms with Crippen LogP contribution in [0.5, 0.6) is 0 Å². The van der Waals surface area contributed by atoms with E-state index in [2.05, 4.69) is 39.6 Å². The van der Waals surface area contributed by atoms with Crippen molar-refractivity contribution in [2.75, 3.05) is 17.6 Å². The SMILES string of the molecule is Cc1nc(N)ncc1NCCCc1ccccc1. The quantitative estimate of drug-likeness (QED) is 0.790. The molecule has 0 amide bonds. The summed E-state index contributed by atoms with van der Waals surface area (Å²) in [6, 6.07) is 10.5. The lowest BCUT2D eigenvalue weighted by atomic mass is 10.1. The second-order valence-corrected chi connectivity index (χ2v) is 4.24. The van der Waals surface area contributed by atoms with E-state index in [1.807, 2.05) is 13.0 Å². The first-order valence-electron chi connectivity index (χ1n) is 6.12. The molecule has 0 unspecified atom stereocenters. The van der Waals surface area contributed by atoms with Crippen molar-refractivity contribution in [3.8, 4) is 0 Å². The number of hydrogen-bond acceptors (Lipinski definition) is 4. The van der Waals surface area contributed by atoms with E-state index < -0.39 is 0 Å². The highest BCUT2D eigenvalue weighted by molar-refractivity contribution is 5.46. The molecule has 0 aliphatic rings. The van der Waals surface area contributed by atoms with Gasteiger partial charge in [0.05, 0.1) is 17.6 Å². The number of nitrogens with two attached hydrogens (primary N) is 1. The molecular formula is C14H18N4. The number of aryl methyl sites for hydroxylation is 2. The van der Waals surface area contributed by atoms with Gasteiger partial charge in [-0.05, 0) is 25.3 Å². The maximum atomic E-state index is 5.51. The fraction of sp³-hybridized carbons (Fsp3) is 0.286. The molecule has 3 N–H and O–H groups in total. The van der Waals surface area contributed by atoms with Crippen LogP contribution in [0.4, 0.5) is 11.6 Å². The molecule has 4 nitrogen and oxygen atoms in total. The van der Waals surface area contributed by atoms with Gasteiger partial charge < -0.3 is 11.1 Å². The van der Waals surface area contributed by atoms with Crippen molar-refractivity contribution in [3.63, 3.8) is 0 Å². The predicted molar refractivity (Wildman–Crippen MR) is 74.4 cm³/mol. The Morgan fingerprint density at radius 1 is 1.22 bits per heavy atom. The van der Waals surface area contributed by atoms with Crippen molar-refractivity contribution in [1.82, 2.24) is 9.97 Å². The molecule has 1 aromatic heterocycles. The summed E-state index contributed by atoms with van der Waals surface area (Å²) >= 11 is 0. The molecule has 1 aromatic carbocycles. The maximum Gasteiger partial charge on any atom is 0.220 e. The van der Waals surface area contributed by atoms with Gasteiger partial charge in [0.15, 0.2) is 0 Å². The van der Waals surface area contributed by atoms with Crippen molar-refractivity contribution in [1.29, 1.82) is 0 Å². The Labute approximate surface area is 107 Å². The minimum atomic E-state index is 0.322. The average molecular weight is 242 g/mol. The molecule has 0 atom stereocenters. The topological polar surface area (TPSA) is 63.8 Å². The van der Waals surface area contributed by atoms with Crippen molar-refractivity contribution in [2.45, 2.75) is 19.8 Å². The van der Waals surface area contributed by atoms with Crippen LogP contribution in [-0.4, -0.2) is 16.5 Å². The van der Waals surface area contributed by atoms with E-state index in [0.717, 1.165) is 30.8 Å². The van der Waals surface area contributed by atoms with Crippen LogP contribution >= 0.6 is 0 Å². The summed E-state index contributed by atoms with van der Waals surface area (Å²) in [5, 5.41) is 3.33. The number of benzene rings is 1. The Morgan fingerprint density at radius 2 is 2.00 bits per heavy atom. The molecule has 4 heteroatoms. The molecule has 18 heavy (non-hydrogen) atoms. The lowest BCUT2D eigenvalue weighted by Crippen LogP contribution is -2.07. The largest absolute Gasteiger partial charge is 0.382 e. The maximum absolute atomic E-state index is 5.51. The summed E-state index contributed by atoms with van der Waals surface area (Å²) in [4.78, 5) is 8.10. The second-order valence-electron chi connectivity index (χ2n) is 4.24. The van der Waals surface area contributed by atoms with E-state index in [9.17, 15) is 0 Å². The number of nitrogens with one attached hydrogen (secondary N) is 1. The van der Waals surface area contributed by atoms with E-state index >= 15 is 0 Å². The molecule has 0 fully saturated rings. The van der Waals surface area contributed by atoms with Gasteiger partial charge in [0.2, 0.25) is 5.95 Å². The van der Waals surface area contributed by atoms with Crippen molar-refractivity contribution < 1.29 is 0 Å². The zero-order valence-electron chi connectivity index (χ0n) is 10.6. The van der Waals surface area contributed by atoms with Crippen molar-refractivity contribution in [2.24, 2.45) is 0 Å². The predicted octanol–water partition coefficient (Wildman–Crippen LogP) is 2.41. The van der Waals surface area contributed by atoms with E-state index in [1.165, 1.54) is 5.56 Å². The van der Waals surface area contributed by atoms with Gasteiger partial charge in [0, 0.05) is 6.54 Å². The number of hydrogen-bond donors (Lipinski definition) is 2. The number of anilines is 2. The summed E-state index contributed by atoms with van der Waals surface area (Å²) in [5.74, 6) is 0.322. The molecule has 94 valence electrons. The van der Waals surface area contributed by atoms with Gasteiger partial charge in [-0.1, -0.05) is 30.3 Å².